The van der Waals surface area contributed by atoms with Gasteiger partial charge in [0.05, 0.1) is 25.2 Å². The van der Waals surface area contributed by atoms with E-state index in [0.29, 0.717) is 19.3 Å². The predicted molar refractivity (Wildman–Crippen MR) is 273 cm³/mol. The zero-order valence-electron chi connectivity index (χ0n) is 41.2. The number of hydrogen-bond donors (Lipinski definition) is 3. The van der Waals surface area contributed by atoms with Crippen LogP contribution in [0.3, 0.4) is 0 Å². The quantitative estimate of drug-likeness (QED) is 0.0245. The molecule has 3 atom stereocenters. The third-order valence-corrected chi connectivity index (χ3v) is 11.6. The maximum Gasteiger partial charge on any atom is 0.306 e. The maximum atomic E-state index is 13.2. The van der Waals surface area contributed by atoms with Gasteiger partial charge >= 0.3 is 5.97 Å². The molecule has 0 saturated carbocycles. The molecule has 0 radical (unpaired) electrons. The molecule has 6 nitrogen and oxygen atoms in total. The molecule has 0 heterocycles. The highest BCUT2D eigenvalue weighted by atomic mass is 16.5. The zero-order chi connectivity index (χ0) is 45.9. The first-order chi connectivity index (χ1) is 31.0. The van der Waals surface area contributed by atoms with Crippen LogP contribution in [0.15, 0.2) is 85.1 Å². The fraction of sp³-hybridized carbons (Fsp3) is 0.719. The Morgan fingerprint density at radius 3 is 1.44 bits per heavy atom. The summed E-state index contributed by atoms with van der Waals surface area (Å²) in [6.45, 7) is 6.28. The van der Waals surface area contributed by atoms with Crippen molar-refractivity contribution in [2.45, 2.75) is 257 Å². The number of unbranched alkanes of at least 4 members (excludes halogenated alkanes) is 25. The highest BCUT2D eigenvalue weighted by molar-refractivity contribution is 5.77. The molecule has 3 unspecified atom stereocenters. The second kappa shape index (κ2) is 50.0. The van der Waals surface area contributed by atoms with E-state index in [1.54, 1.807) is 0 Å². The van der Waals surface area contributed by atoms with Crippen molar-refractivity contribution in [2.24, 2.45) is 0 Å². The molecule has 0 aliphatic carbocycles. The SMILES string of the molecule is CC/C=C/C=C/C=C\C=C/C=C/CC(CC(=O)NC(CO)C(O)CCCCCCCCCCCCCCCC)OC(=O)CCCCCCCCCCC/C=C\C/C=C\CCCCC. The average molecular weight is 878 g/mol. The van der Waals surface area contributed by atoms with Crippen molar-refractivity contribution in [1.29, 1.82) is 0 Å². The van der Waals surface area contributed by atoms with E-state index in [1.165, 1.54) is 141 Å². The summed E-state index contributed by atoms with van der Waals surface area (Å²) in [6, 6.07) is -0.743. The van der Waals surface area contributed by atoms with E-state index >= 15 is 0 Å². The Kier molecular flexibility index (Phi) is 47.7. The molecule has 1 amide bonds. The van der Waals surface area contributed by atoms with E-state index in [0.717, 1.165) is 51.4 Å². The van der Waals surface area contributed by atoms with Crippen molar-refractivity contribution < 1.29 is 24.5 Å². The number of allylic oxidation sites excluding steroid dienone is 13. The number of carbonyl (C=O) groups is 2. The smallest absolute Gasteiger partial charge is 0.306 e. The molecule has 63 heavy (non-hydrogen) atoms. The number of carbonyl (C=O) groups excluding carboxylic acids is 2. The summed E-state index contributed by atoms with van der Waals surface area (Å²) in [5, 5.41) is 23.7. The Morgan fingerprint density at radius 2 is 0.937 bits per heavy atom. The van der Waals surface area contributed by atoms with Gasteiger partial charge in [-0.05, 0) is 51.4 Å². The van der Waals surface area contributed by atoms with E-state index in [1.807, 2.05) is 54.7 Å². The predicted octanol–water partition coefficient (Wildman–Crippen LogP) is 16.0. The van der Waals surface area contributed by atoms with Crippen LogP contribution in [0.1, 0.15) is 239 Å². The van der Waals surface area contributed by atoms with E-state index in [4.69, 9.17) is 4.74 Å². The molecular formula is C57H99NO5. The third-order valence-electron chi connectivity index (χ3n) is 11.6. The minimum Gasteiger partial charge on any atom is -0.461 e. The maximum absolute atomic E-state index is 13.2. The van der Waals surface area contributed by atoms with Gasteiger partial charge in [0.25, 0.3) is 0 Å². The van der Waals surface area contributed by atoms with E-state index in [2.05, 4.69) is 56.5 Å². The number of hydrogen-bond acceptors (Lipinski definition) is 5. The summed E-state index contributed by atoms with van der Waals surface area (Å²) in [4.78, 5) is 26.1. The molecule has 6 heteroatoms. The average Bonchev–Trinajstić information content (AvgIpc) is 3.28. The second-order valence-corrected chi connectivity index (χ2v) is 17.7. The van der Waals surface area contributed by atoms with Gasteiger partial charge in [0.2, 0.25) is 5.91 Å². The minimum absolute atomic E-state index is 0.0231. The topological polar surface area (TPSA) is 95.9 Å². The van der Waals surface area contributed by atoms with Crippen LogP contribution in [0, 0.1) is 0 Å². The van der Waals surface area contributed by atoms with E-state index < -0.39 is 18.2 Å². The Morgan fingerprint density at radius 1 is 0.508 bits per heavy atom. The van der Waals surface area contributed by atoms with Gasteiger partial charge in [0, 0.05) is 12.8 Å². The molecule has 0 rings (SSSR count). The molecule has 0 aliphatic heterocycles. The second-order valence-electron chi connectivity index (χ2n) is 17.7. The normalized spacial score (nSPS) is 13.9. The number of esters is 1. The lowest BCUT2D eigenvalue weighted by Crippen LogP contribution is -2.46. The van der Waals surface area contributed by atoms with Crippen molar-refractivity contribution in [1.82, 2.24) is 5.32 Å². The lowest BCUT2D eigenvalue weighted by atomic mass is 10.0. The lowest BCUT2D eigenvalue weighted by molar-refractivity contribution is -0.150. The van der Waals surface area contributed by atoms with E-state index in [9.17, 15) is 19.8 Å². The first kappa shape index (κ1) is 60.0. The highest BCUT2D eigenvalue weighted by Crippen LogP contribution is 2.16. The van der Waals surface area contributed by atoms with Gasteiger partial charge in [0.1, 0.15) is 6.10 Å². The number of amides is 1. The largest absolute Gasteiger partial charge is 0.461 e. The molecular weight excluding hydrogens is 779 g/mol. The fourth-order valence-corrected chi connectivity index (χ4v) is 7.60. The van der Waals surface area contributed by atoms with Crippen molar-refractivity contribution >= 4 is 11.9 Å². The summed E-state index contributed by atoms with van der Waals surface area (Å²) in [5.74, 6) is -0.614. The summed E-state index contributed by atoms with van der Waals surface area (Å²) in [5.41, 5.74) is 0. The van der Waals surface area contributed by atoms with Crippen LogP contribution in [0.5, 0.6) is 0 Å². The first-order valence-corrected chi connectivity index (χ1v) is 26.4. The number of aliphatic hydroxyl groups excluding tert-OH is 2. The molecule has 3 N–H and O–H groups in total. The van der Waals surface area contributed by atoms with Gasteiger partial charge in [-0.3, -0.25) is 9.59 Å². The van der Waals surface area contributed by atoms with Crippen molar-refractivity contribution in [3.63, 3.8) is 0 Å². The fourth-order valence-electron chi connectivity index (χ4n) is 7.60. The van der Waals surface area contributed by atoms with Crippen molar-refractivity contribution in [3.05, 3.63) is 85.1 Å². The van der Waals surface area contributed by atoms with E-state index in [-0.39, 0.29) is 24.9 Å². The number of ether oxygens (including phenoxy) is 1. The standard InChI is InChI=1S/C57H99NO5/c1-4-7-10-13-16-19-22-24-26-27-28-29-30-32-35-38-41-44-47-50-57(62)63-53(48-45-42-39-36-33-21-18-15-12-9-6-3)51-56(61)58-54(52-59)55(60)49-46-43-40-37-34-31-25-23-20-17-14-11-8-5-2/h9,12,15-16,18-19,21,24,26,33,36,39,42,45,53-55,59-60H,4-8,10-11,13-14,17,20,22-23,25,27-32,34-35,37-38,40-41,43-44,46-52H2,1-3H3,(H,58,61)/b12-9+,18-15+,19-16-,26-24-,33-21-,39-36-,45-42+. The van der Waals surface area contributed by atoms with Gasteiger partial charge in [-0.15, -0.1) is 0 Å². The lowest BCUT2D eigenvalue weighted by Gasteiger charge is -2.24. The molecule has 0 saturated heterocycles. The zero-order valence-corrected chi connectivity index (χ0v) is 41.2. The summed E-state index contributed by atoms with van der Waals surface area (Å²) < 4.78 is 5.84. The number of rotatable bonds is 46. The molecule has 0 aromatic carbocycles. The Balaban J connectivity index is 4.59. The van der Waals surface area contributed by atoms with Crippen LogP contribution in [0.4, 0.5) is 0 Å². The molecule has 0 fully saturated rings. The molecule has 0 aromatic rings. The van der Waals surface area contributed by atoms with Crippen molar-refractivity contribution in [3.8, 4) is 0 Å². The van der Waals surface area contributed by atoms with Crippen LogP contribution in [-0.4, -0.2) is 46.9 Å². The van der Waals surface area contributed by atoms with Gasteiger partial charge < -0.3 is 20.3 Å². The molecule has 0 spiro atoms. The molecule has 0 bridgehead atoms. The van der Waals surface area contributed by atoms with Gasteiger partial charge in [-0.2, -0.15) is 0 Å². The molecule has 0 aliphatic rings. The van der Waals surface area contributed by atoms with Crippen LogP contribution in [0.2, 0.25) is 0 Å². The van der Waals surface area contributed by atoms with Crippen LogP contribution < -0.4 is 5.32 Å². The van der Waals surface area contributed by atoms with Gasteiger partial charge in [-0.1, -0.05) is 254 Å². The number of nitrogens with one attached hydrogen (secondary N) is 1. The molecule has 0 aromatic heterocycles. The monoisotopic (exact) mass is 878 g/mol. The first-order valence-electron chi connectivity index (χ1n) is 26.4. The Hall–Kier alpha value is -2.96. The van der Waals surface area contributed by atoms with Gasteiger partial charge in [0.15, 0.2) is 0 Å². The van der Waals surface area contributed by atoms with Crippen LogP contribution >= 0.6 is 0 Å². The van der Waals surface area contributed by atoms with Crippen LogP contribution in [0.25, 0.3) is 0 Å². The summed E-state index contributed by atoms with van der Waals surface area (Å²) >= 11 is 0. The highest BCUT2D eigenvalue weighted by Gasteiger charge is 2.23. The van der Waals surface area contributed by atoms with Crippen molar-refractivity contribution in [2.75, 3.05) is 6.61 Å². The third kappa shape index (κ3) is 45.4. The van der Waals surface area contributed by atoms with Gasteiger partial charge in [-0.25, -0.2) is 0 Å². The Bertz CT molecular complexity index is 1210. The Labute approximate surface area is 389 Å². The summed E-state index contributed by atoms with van der Waals surface area (Å²) in [7, 11) is 0. The molecule has 362 valence electrons. The van der Waals surface area contributed by atoms with Crippen LogP contribution in [-0.2, 0) is 14.3 Å². The minimum atomic E-state index is -0.822. The summed E-state index contributed by atoms with van der Waals surface area (Å²) in [6.07, 6.45) is 65.3. The number of aliphatic hydroxyl groups is 2.